The van der Waals surface area contributed by atoms with Crippen molar-refractivity contribution in [2.24, 2.45) is 23.0 Å². The Kier molecular flexibility index (Phi) is 9.71. The maximum Gasteiger partial charge on any atom is 0.366 e. The minimum atomic E-state index is -1.72. The molecule has 52 heavy (non-hydrogen) atoms. The van der Waals surface area contributed by atoms with E-state index in [1.807, 2.05) is 69.3 Å². The van der Waals surface area contributed by atoms with Gasteiger partial charge in [0, 0.05) is 55.4 Å². The lowest BCUT2D eigenvalue weighted by Gasteiger charge is -2.51. The predicted molar refractivity (Wildman–Crippen MR) is 197 cm³/mol. The van der Waals surface area contributed by atoms with E-state index < -0.39 is 56.7 Å². The second-order valence-corrected chi connectivity index (χ2v) is 15.8. The van der Waals surface area contributed by atoms with Gasteiger partial charge in [0.15, 0.2) is 11.6 Å². The largest absolute Gasteiger partial charge is 0.497 e. The Balaban J connectivity index is 1.52. The van der Waals surface area contributed by atoms with Crippen molar-refractivity contribution in [2.45, 2.75) is 83.4 Å². The van der Waals surface area contributed by atoms with E-state index in [-0.39, 0.29) is 38.1 Å². The van der Waals surface area contributed by atoms with E-state index in [1.54, 1.807) is 31.1 Å². The Morgan fingerprint density at radius 1 is 1.10 bits per heavy atom. The molecule has 2 saturated heterocycles. The molecule has 3 aliphatic rings. The summed E-state index contributed by atoms with van der Waals surface area (Å²) in [6, 6.07) is 16.9. The summed E-state index contributed by atoms with van der Waals surface area (Å²) in [5, 5.41) is 11.8. The number of pyridine rings is 1. The van der Waals surface area contributed by atoms with Crippen LogP contribution in [0.25, 0.3) is 22.2 Å². The van der Waals surface area contributed by atoms with Crippen LogP contribution in [0.4, 0.5) is 0 Å². The van der Waals surface area contributed by atoms with Crippen LogP contribution in [0.15, 0.2) is 67.3 Å². The number of hydrogen-bond donors (Lipinski definition) is 2. The van der Waals surface area contributed by atoms with Crippen LogP contribution in [0.5, 0.6) is 11.5 Å². The van der Waals surface area contributed by atoms with Gasteiger partial charge in [0.2, 0.25) is 11.4 Å². The molecule has 1 aromatic heterocycles. The number of nitrogens with zero attached hydrogens (tertiary/aromatic N) is 3. The summed E-state index contributed by atoms with van der Waals surface area (Å²) in [6.07, 6.45) is 2.65. The first-order chi connectivity index (χ1) is 24.7. The van der Waals surface area contributed by atoms with Gasteiger partial charge in [-0.15, -0.1) is 6.58 Å². The summed E-state index contributed by atoms with van der Waals surface area (Å²) >= 11 is 0. The monoisotopic (exact) mass is 711 g/mol. The van der Waals surface area contributed by atoms with Crippen molar-refractivity contribution in [1.82, 2.24) is 9.88 Å². The number of likely N-dealkylation sites (tertiary alicyclic amines) is 2. The molecule has 0 radical (unpaired) electrons. The van der Waals surface area contributed by atoms with Gasteiger partial charge in [0.25, 0.3) is 5.91 Å². The number of aromatic nitrogens is 1. The lowest BCUT2D eigenvalue weighted by atomic mass is 9.74. The van der Waals surface area contributed by atoms with Gasteiger partial charge in [-0.25, -0.2) is 19.1 Å². The molecule has 1 aliphatic carbocycles. The fourth-order valence-electron chi connectivity index (χ4n) is 9.12. The quantitative estimate of drug-likeness (QED) is 0.178. The standard InChI is InChI=1S/C41H50N4O7/c1-7-27-23-41(27,38(49)50)45(36(47)31(39(3,4)5)21-35(46)44-18-12-13-19-44)25-29(24-40(45,8-2)37(42)48)52-34-22-32(26-14-10-9-11-15-26)43-33-20-28(51-6)16-17-30(33)34/h7,9-11,14-17,20,22,27,29,31H,1,8,12-13,18-19,21,23-25H2,2-6H3,(H2-,42,48,49,50)/p+1/t27?,29-,31-,40+,41?,45?/m1/s1. The van der Waals surface area contributed by atoms with E-state index in [0.717, 1.165) is 18.4 Å². The first-order valence-corrected chi connectivity index (χ1v) is 18.3. The molecule has 3 unspecified atom stereocenters. The SMILES string of the molecule is C=CC1CC1(C(=O)O)[N+]1(C(=O)[C@@H](CC(=O)N2CCCC2)C(C)(C)C)C[C@H](Oc2cc(-c3ccccc3)nc3cc(OC)ccc23)C[C@@]1(CC)C(N)=O. The molecule has 3 heterocycles. The number of rotatable bonds is 12. The van der Waals surface area contributed by atoms with E-state index in [1.165, 1.54) is 0 Å². The lowest BCUT2D eigenvalue weighted by molar-refractivity contribution is -0.913. The van der Waals surface area contributed by atoms with E-state index in [4.69, 9.17) is 20.2 Å². The van der Waals surface area contributed by atoms with Crippen molar-refractivity contribution in [3.63, 3.8) is 0 Å². The summed E-state index contributed by atoms with van der Waals surface area (Å²) in [5.74, 6) is -3.01. The first-order valence-electron chi connectivity index (χ1n) is 18.3. The summed E-state index contributed by atoms with van der Waals surface area (Å²) < 4.78 is 11.6. The second kappa shape index (κ2) is 13.7. The Hall–Kier alpha value is -4.77. The number of amides is 3. The molecule has 3 amide bonds. The zero-order chi connectivity index (χ0) is 37.6. The molecule has 6 rings (SSSR count). The van der Waals surface area contributed by atoms with Crippen LogP contribution in [0.2, 0.25) is 0 Å². The second-order valence-electron chi connectivity index (χ2n) is 15.8. The van der Waals surface area contributed by atoms with Gasteiger partial charge in [0.1, 0.15) is 18.0 Å². The fraction of sp³-hybridized carbons (Fsp3) is 0.488. The molecule has 2 aromatic carbocycles. The van der Waals surface area contributed by atoms with Gasteiger partial charge >= 0.3 is 11.9 Å². The minimum absolute atomic E-state index is 0.00103. The van der Waals surface area contributed by atoms with Crippen molar-refractivity contribution in [2.75, 3.05) is 26.7 Å². The summed E-state index contributed by atoms with van der Waals surface area (Å²) in [6.45, 7) is 12.5. The van der Waals surface area contributed by atoms with E-state index in [2.05, 4.69) is 6.58 Å². The number of carboxylic acids is 1. The fourth-order valence-corrected chi connectivity index (χ4v) is 9.12. The van der Waals surface area contributed by atoms with Gasteiger partial charge in [0.05, 0.1) is 36.6 Å². The molecule has 0 spiro atoms. The van der Waals surface area contributed by atoms with Gasteiger partial charge in [-0.3, -0.25) is 9.59 Å². The molecule has 3 fully saturated rings. The summed E-state index contributed by atoms with van der Waals surface area (Å²) in [7, 11) is 1.58. The Morgan fingerprint density at radius 2 is 1.79 bits per heavy atom. The van der Waals surface area contributed by atoms with Crippen LogP contribution in [0.3, 0.4) is 0 Å². The van der Waals surface area contributed by atoms with Crippen molar-refractivity contribution in [3.05, 3.63) is 67.3 Å². The number of quaternary nitrogens is 1. The first kappa shape index (κ1) is 37.0. The van der Waals surface area contributed by atoms with Crippen LogP contribution in [0.1, 0.15) is 66.2 Å². The molecule has 11 heteroatoms. The number of aliphatic carboxylic acids is 1. The number of methoxy groups -OCH3 is 1. The third-order valence-corrected chi connectivity index (χ3v) is 12.0. The number of carboxylic acid groups (broad SMARTS) is 1. The third-order valence-electron chi connectivity index (χ3n) is 12.0. The topological polar surface area (TPSA) is 149 Å². The highest BCUT2D eigenvalue weighted by atomic mass is 16.5. The molecule has 0 bridgehead atoms. The van der Waals surface area contributed by atoms with Crippen molar-refractivity contribution in [3.8, 4) is 22.8 Å². The number of ether oxygens (including phenoxy) is 2. The van der Waals surface area contributed by atoms with Crippen molar-refractivity contribution >= 4 is 34.6 Å². The molecule has 3 N–H and O–H groups in total. The molecule has 6 atom stereocenters. The summed E-state index contributed by atoms with van der Waals surface area (Å²) in [5.41, 5.74) is 4.38. The number of benzene rings is 2. The highest BCUT2D eigenvalue weighted by molar-refractivity contribution is 5.94. The molecule has 2 aliphatic heterocycles. The van der Waals surface area contributed by atoms with Crippen LogP contribution < -0.4 is 15.2 Å². The zero-order valence-corrected chi connectivity index (χ0v) is 30.9. The smallest absolute Gasteiger partial charge is 0.366 e. The number of carbonyl (C=O) groups excluding carboxylic acids is 3. The Morgan fingerprint density at radius 3 is 2.35 bits per heavy atom. The zero-order valence-electron chi connectivity index (χ0n) is 30.9. The maximum absolute atomic E-state index is 15.7. The minimum Gasteiger partial charge on any atom is -0.497 e. The van der Waals surface area contributed by atoms with Gasteiger partial charge in [-0.1, -0.05) is 64.1 Å². The van der Waals surface area contributed by atoms with Crippen LogP contribution >= 0.6 is 0 Å². The predicted octanol–water partition coefficient (Wildman–Crippen LogP) is 5.74. The summed E-state index contributed by atoms with van der Waals surface area (Å²) in [4.78, 5) is 63.9. The molecular formula is C41H51N4O7+. The average Bonchev–Trinajstić information content (AvgIpc) is 3.44. The maximum atomic E-state index is 15.7. The van der Waals surface area contributed by atoms with Crippen molar-refractivity contribution in [1.29, 1.82) is 0 Å². The number of fused-ring (bicyclic) bond motifs is 1. The number of carbonyl (C=O) groups is 4. The van der Waals surface area contributed by atoms with Crippen LogP contribution in [0, 0.1) is 17.3 Å². The van der Waals surface area contributed by atoms with E-state index in [9.17, 15) is 19.5 Å². The highest BCUT2D eigenvalue weighted by Crippen LogP contribution is 2.62. The molecule has 3 aromatic rings. The lowest BCUT2D eigenvalue weighted by Crippen LogP contribution is -2.77. The molecular weight excluding hydrogens is 660 g/mol. The normalized spacial score (nSPS) is 27.6. The highest BCUT2D eigenvalue weighted by Gasteiger charge is 2.84. The van der Waals surface area contributed by atoms with Crippen molar-refractivity contribution < 1.29 is 38.2 Å². The van der Waals surface area contributed by atoms with Gasteiger partial charge in [-0.05, 0) is 30.4 Å². The molecule has 1 saturated carbocycles. The number of nitrogens with two attached hydrogens (primary N) is 1. The average molecular weight is 712 g/mol. The Bertz CT molecular complexity index is 1900. The molecule has 11 nitrogen and oxygen atoms in total. The van der Waals surface area contributed by atoms with Crippen LogP contribution in [-0.2, 0) is 19.2 Å². The molecule has 276 valence electrons. The third kappa shape index (κ3) is 5.83. The van der Waals surface area contributed by atoms with E-state index >= 15 is 4.79 Å². The van der Waals surface area contributed by atoms with Gasteiger partial charge < -0.3 is 25.2 Å². The number of primary amides is 1. The van der Waals surface area contributed by atoms with E-state index in [0.29, 0.717) is 41.2 Å². The van der Waals surface area contributed by atoms with Crippen LogP contribution in [-0.4, -0.2) is 87.1 Å². The van der Waals surface area contributed by atoms with Gasteiger partial charge in [-0.2, -0.15) is 0 Å². The number of hydrogen-bond acceptors (Lipinski definition) is 7. The Labute approximate surface area is 305 Å².